The molecule has 0 amide bonds. The molecule has 1 aliphatic rings. The van der Waals surface area contributed by atoms with Crippen LogP contribution in [0.15, 0.2) is 40.2 Å². The fourth-order valence-electron chi connectivity index (χ4n) is 3.14. The van der Waals surface area contributed by atoms with Crippen molar-refractivity contribution >= 4 is 21.8 Å². The van der Waals surface area contributed by atoms with Crippen molar-refractivity contribution in [1.29, 1.82) is 0 Å². The summed E-state index contributed by atoms with van der Waals surface area (Å²) in [7, 11) is -0.190. The van der Waals surface area contributed by atoms with E-state index in [0.717, 1.165) is 0 Å². The van der Waals surface area contributed by atoms with Crippen LogP contribution in [0, 0.1) is 11.8 Å². The molecule has 8 heteroatoms. The fourth-order valence-corrected chi connectivity index (χ4v) is 4.47. The maximum atomic E-state index is 12.3. The van der Waals surface area contributed by atoms with E-state index in [1.54, 1.807) is 37.4 Å². The number of benzene rings is 1. The van der Waals surface area contributed by atoms with Crippen LogP contribution in [0.3, 0.4) is 0 Å². The number of carbonyl (C=O) groups excluding carboxylic acids is 1. The normalized spacial score (nSPS) is 20.9. The molecule has 1 N–H and O–H groups in total. The Kier molecular flexibility index (Phi) is 7.02. The van der Waals surface area contributed by atoms with Crippen LogP contribution < -0.4 is 5.32 Å². The standard InChI is InChI=1S/C18H27N3O4S/c1-14-12-21(13-16(14)17(22)25-3)18(19-2)20-10-7-11-26(23,24)15-8-5-4-6-9-15/h4-6,8-9,14,16H,7,10-13H2,1-3H3,(H,19,20). The molecule has 0 aromatic heterocycles. The van der Waals surface area contributed by atoms with Gasteiger partial charge >= 0.3 is 5.97 Å². The smallest absolute Gasteiger partial charge is 0.310 e. The van der Waals surface area contributed by atoms with Crippen molar-refractivity contribution in [2.45, 2.75) is 18.2 Å². The van der Waals surface area contributed by atoms with Gasteiger partial charge < -0.3 is 15.0 Å². The highest BCUT2D eigenvalue weighted by Crippen LogP contribution is 2.24. The summed E-state index contributed by atoms with van der Waals surface area (Å²) in [5.41, 5.74) is 0. The van der Waals surface area contributed by atoms with E-state index in [1.807, 2.05) is 11.8 Å². The lowest BCUT2D eigenvalue weighted by molar-refractivity contribution is -0.145. The summed E-state index contributed by atoms with van der Waals surface area (Å²) in [4.78, 5) is 18.4. The first-order chi connectivity index (χ1) is 12.4. The molecular weight excluding hydrogens is 354 g/mol. The number of carbonyl (C=O) groups is 1. The van der Waals surface area contributed by atoms with Gasteiger partial charge in [0.2, 0.25) is 0 Å². The van der Waals surface area contributed by atoms with E-state index < -0.39 is 9.84 Å². The number of hydrogen-bond donors (Lipinski definition) is 1. The number of rotatable bonds is 6. The quantitative estimate of drug-likeness (QED) is 0.344. The Labute approximate surface area is 155 Å². The molecule has 0 spiro atoms. The summed E-state index contributed by atoms with van der Waals surface area (Å²) in [6, 6.07) is 8.46. The van der Waals surface area contributed by atoms with Crippen LogP contribution in [-0.2, 0) is 19.4 Å². The number of aliphatic imine (C=N–C) groups is 1. The minimum atomic E-state index is -3.27. The van der Waals surface area contributed by atoms with Crippen molar-refractivity contribution < 1.29 is 17.9 Å². The predicted octanol–water partition coefficient (Wildman–Crippen LogP) is 1.17. The first-order valence-corrected chi connectivity index (χ1v) is 10.4. The van der Waals surface area contributed by atoms with Gasteiger partial charge in [0.25, 0.3) is 0 Å². The van der Waals surface area contributed by atoms with E-state index in [4.69, 9.17) is 4.74 Å². The molecule has 1 heterocycles. The summed E-state index contributed by atoms with van der Waals surface area (Å²) in [5, 5.41) is 3.19. The zero-order valence-corrected chi connectivity index (χ0v) is 16.3. The van der Waals surface area contributed by atoms with E-state index in [9.17, 15) is 13.2 Å². The molecule has 1 aromatic carbocycles. The largest absolute Gasteiger partial charge is 0.469 e. The molecule has 1 aromatic rings. The van der Waals surface area contributed by atoms with Gasteiger partial charge in [-0.05, 0) is 24.5 Å². The Morgan fingerprint density at radius 2 is 2.00 bits per heavy atom. The van der Waals surface area contributed by atoms with Gasteiger partial charge in [-0.15, -0.1) is 0 Å². The van der Waals surface area contributed by atoms with Crippen LogP contribution in [-0.4, -0.2) is 64.8 Å². The zero-order chi connectivity index (χ0) is 19.2. The summed E-state index contributed by atoms with van der Waals surface area (Å²) in [6.45, 7) is 3.77. The van der Waals surface area contributed by atoms with Gasteiger partial charge in [-0.3, -0.25) is 9.79 Å². The fraction of sp³-hybridized carbons (Fsp3) is 0.556. The number of nitrogens with zero attached hydrogens (tertiary/aromatic N) is 2. The lowest BCUT2D eigenvalue weighted by Crippen LogP contribution is -2.41. The van der Waals surface area contributed by atoms with Gasteiger partial charge in [0.1, 0.15) is 0 Å². The summed E-state index contributed by atoms with van der Waals surface area (Å²) in [6.07, 6.45) is 0.472. The van der Waals surface area contributed by atoms with Crippen molar-refractivity contribution in [3.63, 3.8) is 0 Å². The van der Waals surface area contributed by atoms with Crippen LogP contribution in [0.2, 0.25) is 0 Å². The Bertz CT molecular complexity index is 734. The zero-order valence-electron chi connectivity index (χ0n) is 15.5. The van der Waals surface area contributed by atoms with Crippen LogP contribution >= 0.6 is 0 Å². The number of esters is 1. The number of nitrogens with one attached hydrogen (secondary N) is 1. The minimum Gasteiger partial charge on any atom is -0.469 e. The maximum Gasteiger partial charge on any atom is 0.310 e. The van der Waals surface area contributed by atoms with Gasteiger partial charge in [-0.25, -0.2) is 8.42 Å². The molecule has 1 aliphatic heterocycles. The van der Waals surface area contributed by atoms with E-state index in [-0.39, 0.29) is 23.6 Å². The van der Waals surface area contributed by atoms with Crippen molar-refractivity contribution in [2.24, 2.45) is 16.8 Å². The second kappa shape index (κ2) is 9.02. The SMILES string of the molecule is CN=C(NCCCS(=O)(=O)c1ccccc1)N1CC(C)C(C(=O)OC)C1. The monoisotopic (exact) mass is 381 g/mol. The number of methoxy groups -OCH3 is 1. The molecule has 0 bridgehead atoms. The third kappa shape index (κ3) is 4.97. The molecule has 0 aliphatic carbocycles. The van der Waals surface area contributed by atoms with Gasteiger partial charge in [0.05, 0.1) is 23.7 Å². The summed E-state index contributed by atoms with van der Waals surface area (Å²) >= 11 is 0. The lowest BCUT2D eigenvalue weighted by Gasteiger charge is -2.21. The van der Waals surface area contributed by atoms with Gasteiger partial charge in [-0.1, -0.05) is 25.1 Å². The number of hydrogen-bond acceptors (Lipinski definition) is 5. The first-order valence-electron chi connectivity index (χ1n) is 8.70. The second-order valence-electron chi connectivity index (χ2n) is 6.47. The molecule has 0 saturated carbocycles. The Morgan fingerprint density at radius 3 is 2.62 bits per heavy atom. The molecule has 2 atom stereocenters. The van der Waals surface area contributed by atoms with Crippen LogP contribution in [0.25, 0.3) is 0 Å². The van der Waals surface area contributed by atoms with E-state index in [2.05, 4.69) is 10.3 Å². The molecule has 26 heavy (non-hydrogen) atoms. The molecular formula is C18H27N3O4S. The predicted molar refractivity (Wildman–Crippen MR) is 101 cm³/mol. The molecule has 1 fully saturated rings. The molecule has 1 saturated heterocycles. The Balaban J connectivity index is 1.84. The molecule has 7 nitrogen and oxygen atoms in total. The molecule has 0 radical (unpaired) electrons. The highest BCUT2D eigenvalue weighted by Gasteiger charge is 2.36. The maximum absolute atomic E-state index is 12.3. The second-order valence-corrected chi connectivity index (χ2v) is 8.58. The number of ether oxygens (including phenoxy) is 1. The van der Waals surface area contributed by atoms with Gasteiger partial charge in [-0.2, -0.15) is 0 Å². The van der Waals surface area contributed by atoms with E-state index >= 15 is 0 Å². The summed E-state index contributed by atoms with van der Waals surface area (Å²) < 4.78 is 29.4. The molecule has 2 unspecified atom stereocenters. The average molecular weight is 381 g/mol. The average Bonchev–Trinajstić information content (AvgIpc) is 3.03. The molecule has 2 rings (SSSR count). The third-order valence-electron chi connectivity index (χ3n) is 4.60. The first kappa shape index (κ1) is 20.2. The van der Waals surface area contributed by atoms with Crippen molar-refractivity contribution in [3.05, 3.63) is 30.3 Å². The highest BCUT2D eigenvalue weighted by molar-refractivity contribution is 7.91. The van der Waals surface area contributed by atoms with Gasteiger partial charge in [0, 0.05) is 26.7 Å². The molecule has 144 valence electrons. The van der Waals surface area contributed by atoms with E-state index in [0.29, 0.717) is 36.9 Å². The van der Waals surface area contributed by atoms with E-state index in [1.165, 1.54) is 7.11 Å². The third-order valence-corrected chi connectivity index (χ3v) is 6.42. The Hall–Kier alpha value is -2.09. The van der Waals surface area contributed by atoms with Gasteiger partial charge in [0.15, 0.2) is 15.8 Å². The van der Waals surface area contributed by atoms with Crippen molar-refractivity contribution in [1.82, 2.24) is 10.2 Å². The minimum absolute atomic E-state index is 0.0716. The lowest BCUT2D eigenvalue weighted by atomic mass is 9.99. The number of guanidine groups is 1. The van der Waals surface area contributed by atoms with Crippen molar-refractivity contribution in [2.75, 3.05) is 39.5 Å². The van der Waals surface area contributed by atoms with Crippen molar-refractivity contribution in [3.8, 4) is 0 Å². The van der Waals surface area contributed by atoms with Crippen LogP contribution in [0.1, 0.15) is 13.3 Å². The van der Waals surface area contributed by atoms with Crippen LogP contribution in [0.5, 0.6) is 0 Å². The topological polar surface area (TPSA) is 88.1 Å². The number of likely N-dealkylation sites (tertiary alicyclic amines) is 1. The Morgan fingerprint density at radius 1 is 1.31 bits per heavy atom. The number of sulfone groups is 1. The summed E-state index contributed by atoms with van der Waals surface area (Å²) in [5.74, 6) is 0.559. The highest BCUT2D eigenvalue weighted by atomic mass is 32.2. The van der Waals surface area contributed by atoms with Crippen LogP contribution in [0.4, 0.5) is 0 Å².